The Morgan fingerprint density at radius 2 is 1.41 bits per heavy atom. The zero-order valence-electron chi connectivity index (χ0n) is 40.4. The Hall–Kier alpha value is -6.55. The highest BCUT2D eigenvalue weighted by Crippen LogP contribution is 2.41. The highest BCUT2D eigenvalue weighted by molar-refractivity contribution is 5.94. The first-order chi connectivity index (χ1) is 32.7. The highest BCUT2D eigenvalue weighted by Gasteiger charge is 2.50. The maximum Gasteiger partial charge on any atom is 0.410 e. The lowest BCUT2D eigenvalue weighted by Gasteiger charge is -2.31. The van der Waals surface area contributed by atoms with E-state index >= 15 is 17.6 Å². The second-order valence-corrected chi connectivity index (χ2v) is 18.9. The van der Waals surface area contributed by atoms with Crippen molar-refractivity contribution < 1.29 is 64.6 Å². The lowest BCUT2D eigenvalue weighted by molar-refractivity contribution is -0.140. The summed E-state index contributed by atoms with van der Waals surface area (Å²) >= 11 is 0. The van der Waals surface area contributed by atoms with Crippen LogP contribution in [0.15, 0.2) is 36.4 Å². The summed E-state index contributed by atoms with van der Waals surface area (Å²) in [6.07, 6.45) is -5.08. The SMILES string of the molecule is CCC(NC(=O)C(C)OC(=O)NC)C(=O)N1CC(F)(F)C[C@H]1Cc1c(-c2nc3cc(F)ccc3n2C[C@@H]2CC(F)(F)CN2C(=O)C(CC)NC(=O)C(C)N(C)C(=O)OC(C)(C)C)[nH]c2cc(F)ccc12. The first kappa shape index (κ1) is 52.8. The number of likely N-dealkylation sites (N-methyl/N-ethyl adjacent to an activating group) is 1. The van der Waals surface area contributed by atoms with Gasteiger partial charge in [-0.15, -0.1) is 0 Å². The largest absolute Gasteiger partial charge is 0.444 e. The molecular weight excluding hydrogens is 933 g/mol. The summed E-state index contributed by atoms with van der Waals surface area (Å²) < 4.78 is 104. The first-order valence-electron chi connectivity index (χ1n) is 22.9. The van der Waals surface area contributed by atoms with E-state index in [0.717, 1.165) is 39.0 Å². The molecule has 0 radical (unpaired) electrons. The number of aromatic nitrogens is 3. The molecule has 2 aliphatic rings. The molecule has 70 heavy (non-hydrogen) atoms. The summed E-state index contributed by atoms with van der Waals surface area (Å²) in [4.78, 5) is 90.0. The van der Waals surface area contributed by atoms with E-state index in [1.54, 1.807) is 34.6 Å². The number of ether oxygens (including phenoxy) is 2. The fourth-order valence-electron chi connectivity index (χ4n) is 8.81. The van der Waals surface area contributed by atoms with Crippen LogP contribution in [-0.2, 0) is 41.6 Å². The summed E-state index contributed by atoms with van der Waals surface area (Å²) in [7, 11) is 2.62. The zero-order valence-corrected chi connectivity index (χ0v) is 40.4. The molecule has 0 bridgehead atoms. The van der Waals surface area contributed by atoms with Crippen LogP contribution >= 0.6 is 0 Å². The molecule has 6 rings (SSSR count). The van der Waals surface area contributed by atoms with Crippen LogP contribution in [0.4, 0.5) is 35.9 Å². The van der Waals surface area contributed by atoms with Crippen molar-refractivity contribution in [3.8, 4) is 11.5 Å². The number of fused-ring (bicyclic) bond motifs is 2. The number of hydrogen-bond acceptors (Lipinski definition) is 9. The third kappa shape index (κ3) is 11.7. The van der Waals surface area contributed by atoms with Gasteiger partial charge in [0, 0.05) is 56.5 Å². The molecule has 0 saturated carbocycles. The molecule has 2 saturated heterocycles. The minimum absolute atomic E-state index is 0.0133. The first-order valence-corrected chi connectivity index (χ1v) is 22.9. The van der Waals surface area contributed by atoms with Crippen molar-refractivity contribution in [1.82, 2.24) is 45.2 Å². The van der Waals surface area contributed by atoms with E-state index in [-0.39, 0.29) is 59.4 Å². The van der Waals surface area contributed by atoms with Crippen LogP contribution in [0.3, 0.4) is 0 Å². The molecule has 2 aromatic carbocycles. The lowest BCUT2D eigenvalue weighted by atomic mass is 9.99. The number of hydrogen-bond donors (Lipinski definition) is 4. The summed E-state index contributed by atoms with van der Waals surface area (Å²) in [5.74, 6) is -11.5. The van der Waals surface area contributed by atoms with Gasteiger partial charge in [-0.05, 0) is 89.8 Å². The van der Waals surface area contributed by atoms with Gasteiger partial charge in [0.25, 0.3) is 17.8 Å². The van der Waals surface area contributed by atoms with E-state index in [1.807, 2.05) is 0 Å². The molecule has 2 fully saturated rings. The van der Waals surface area contributed by atoms with Crippen LogP contribution in [0, 0.1) is 11.6 Å². The van der Waals surface area contributed by atoms with E-state index in [2.05, 4.69) is 20.9 Å². The molecule has 4 heterocycles. The van der Waals surface area contributed by atoms with Crippen LogP contribution in [0.1, 0.15) is 79.7 Å². The van der Waals surface area contributed by atoms with Gasteiger partial charge < -0.3 is 44.8 Å². The molecule has 4 aromatic rings. The molecular formula is C47H59F6N9O8. The minimum atomic E-state index is -3.41. The quantitative estimate of drug-likeness (QED) is 0.0992. The van der Waals surface area contributed by atoms with Crippen molar-refractivity contribution >= 4 is 57.8 Å². The maximum atomic E-state index is 15.6. The number of benzene rings is 2. The monoisotopic (exact) mass is 991 g/mol. The average molecular weight is 992 g/mol. The molecule has 17 nitrogen and oxygen atoms in total. The number of rotatable bonds is 15. The van der Waals surface area contributed by atoms with Gasteiger partial charge in [0.1, 0.15) is 35.4 Å². The number of nitrogens with zero attached hydrogens (tertiary/aromatic N) is 5. The van der Waals surface area contributed by atoms with E-state index in [9.17, 15) is 37.5 Å². The standard InChI is InChI=1S/C47H59F6N9O8/c1-10-32(57-39(63)24(3)59(9)44(68)70-45(5,6)7)42(66)62-23-47(52,53)20-29(62)21-60-36-15-13-27(49)17-35(36)56-38(60)37-31(30-14-12-26(48)16-34(30)55-37)18-28-19-46(50,51)22-61(28)41(65)33(11-2)58-40(64)25(4)69-43(67)54-8/h12-17,24-25,28-29,32-33,55H,10-11,18-23H2,1-9H3,(H,54,67)(H,57,63)(H,58,64)/t24?,25?,28-,29+,32?,33?/m1/s1. The Labute approximate surface area is 399 Å². The molecule has 4 N–H and O–H groups in total. The molecule has 6 atom stereocenters. The fourth-order valence-corrected chi connectivity index (χ4v) is 8.81. The summed E-state index contributed by atoms with van der Waals surface area (Å²) in [5, 5.41) is 7.61. The zero-order chi connectivity index (χ0) is 51.8. The lowest BCUT2D eigenvalue weighted by Crippen LogP contribution is -2.55. The minimum Gasteiger partial charge on any atom is -0.444 e. The van der Waals surface area contributed by atoms with Gasteiger partial charge in [0.05, 0.1) is 35.9 Å². The van der Waals surface area contributed by atoms with Gasteiger partial charge in [0.2, 0.25) is 17.7 Å². The number of likely N-dealkylation sites (tertiary alicyclic amines) is 2. The third-order valence-electron chi connectivity index (χ3n) is 12.5. The number of carbonyl (C=O) groups is 6. The Bertz CT molecular complexity index is 2650. The van der Waals surface area contributed by atoms with Crippen LogP contribution < -0.4 is 16.0 Å². The number of imidazole rings is 1. The van der Waals surface area contributed by atoms with E-state index in [4.69, 9.17) is 14.5 Å². The summed E-state index contributed by atoms with van der Waals surface area (Å²) in [5.41, 5.74) is -0.0426. The van der Waals surface area contributed by atoms with Crippen molar-refractivity contribution in [2.75, 3.05) is 27.2 Å². The van der Waals surface area contributed by atoms with Gasteiger partial charge in [-0.1, -0.05) is 13.8 Å². The second-order valence-electron chi connectivity index (χ2n) is 18.9. The van der Waals surface area contributed by atoms with Crippen LogP contribution in [0.2, 0.25) is 0 Å². The molecule has 23 heteroatoms. The third-order valence-corrected chi connectivity index (χ3v) is 12.5. The average Bonchev–Trinajstić information content (AvgIpc) is 4.00. The molecule has 0 aliphatic carbocycles. The summed E-state index contributed by atoms with van der Waals surface area (Å²) in [6, 6.07) is 1.01. The van der Waals surface area contributed by atoms with Crippen molar-refractivity contribution in [1.29, 1.82) is 0 Å². The number of amides is 6. The van der Waals surface area contributed by atoms with Gasteiger partial charge in [-0.25, -0.2) is 40.9 Å². The normalized spacial score (nSPS) is 19.4. The second kappa shape index (κ2) is 20.4. The highest BCUT2D eigenvalue weighted by atomic mass is 19.3. The van der Waals surface area contributed by atoms with Gasteiger partial charge in [-0.3, -0.25) is 24.1 Å². The van der Waals surface area contributed by atoms with E-state index in [0.29, 0.717) is 5.39 Å². The Morgan fingerprint density at radius 3 is 2.00 bits per heavy atom. The molecule has 0 spiro atoms. The number of carbonyl (C=O) groups excluding carboxylic acids is 6. The topological polar surface area (TPSA) is 200 Å². The molecule has 6 amide bonds. The Balaban J connectivity index is 1.36. The summed E-state index contributed by atoms with van der Waals surface area (Å²) in [6.45, 7) is 8.33. The van der Waals surface area contributed by atoms with Gasteiger partial charge >= 0.3 is 12.2 Å². The number of halogens is 6. The predicted molar refractivity (Wildman–Crippen MR) is 244 cm³/mol. The van der Waals surface area contributed by atoms with E-state index < -0.39 is 127 Å². The van der Waals surface area contributed by atoms with Crippen molar-refractivity contribution in [2.24, 2.45) is 0 Å². The van der Waals surface area contributed by atoms with Crippen LogP contribution in [0.5, 0.6) is 0 Å². The Morgan fingerprint density at radius 1 is 0.857 bits per heavy atom. The van der Waals surface area contributed by atoms with E-state index in [1.165, 1.54) is 44.6 Å². The van der Waals surface area contributed by atoms with Crippen molar-refractivity contribution in [3.63, 3.8) is 0 Å². The molecule has 2 aliphatic heterocycles. The van der Waals surface area contributed by atoms with Gasteiger partial charge in [-0.2, -0.15) is 0 Å². The predicted octanol–water partition coefficient (Wildman–Crippen LogP) is 6.27. The van der Waals surface area contributed by atoms with Crippen molar-refractivity contribution in [3.05, 3.63) is 53.6 Å². The number of nitrogens with one attached hydrogen (secondary N) is 4. The molecule has 4 unspecified atom stereocenters. The van der Waals surface area contributed by atoms with Crippen molar-refractivity contribution in [2.45, 2.75) is 141 Å². The molecule has 382 valence electrons. The smallest absolute Gasteiger partial charge is 0.410 e. The molecule has 2 aromatic heterocycles. The van der Waals surface area contributed by atoms with Gasteiger partial charge in [0.15, 0.2) is 11.9 Å². The van der Waals surface area contributed by atoms with Crippen LogP contribution in [0.25, 0.3) is 33.5 Å². The maximum absolute atomic E-state index is 15.6. The number of H-pyrrole nitrogens is 1. The number of alkyl carbamates (subject to hydrolysis) is 1. The number of alkyl halides is 4. The van der Waals surface area contributed by atoms with Crippen LogP contribution in [-0.4, -0.2) is 146 Å². The number of aromatic amines is 1. The Kier molecular flexibility index (Phi) is 15.4. The fraction of sp³-hybridized carbons (Fsp3) is 0.553.